The molecule has 0 unspecified atom stereocenters. The van der Waals surface area contributed by atoms with Crippen molar-refractivity contribution in [2.75, 3.05) is 0 Å². The first kappa shape index (κ1) is 12.6. The SMILES string of the molecule is NS(=O)(=O)c1ccc2[nH]c3cc([N+](=O)[O-])ccc3c2c1. The first-order chi connectivity index (χ1) is 9.36. The molecule has 0 bridgehead atoms. The van der Waals surface area contributed by atoms with Gasteiger partial charge >= 0.3 is 0 Å². The van der Waals surface area contributed by atoms with Crippen LogP contribution in [0.1, 0.15) is 0 Å². The molecule has 0 aliphatic carbocycles. The summed E-state index contributed by atoms with van der Waals surface area (Å²) in [7, 11) is -3.78. The van der Waals surface area contributed by atoms with Gasteiger partial charge in [-0.15, -0.1) is 0 Å². The van der Waals surface area contributed by atoms with E-state index in [0.29, 0.717) is 21.8 Å². The summed E-state index contributed by atoms with van der Waals surface area (Å²) in [5.74, 6) is 0. The molecule has 8 heteroatoms. The molecule has 3 N–H and O–H groups in total. The van der Waals surface area contributed by atoms with Gasteiger partial charge < -0.3 is 4.98 Å². The van der Waals surface area contributed by atoms with E-state index >= 15 is 0 Å². The smallest absolute Gasteiger partial charge is 0.271 e. The molecular weight excluding hydrogens is 282 g/mol. The predicted octanol–water partition coefficient (Wildman–Crippen LogP) is 1.88. The van der Waals surface area contributed by atoms with Crippen LogP contribution in [0.4, 0.5) is 5.69 Å². The van der Waals surface area contributed by atoms with E-state index in [2.05, 4.69) is 4.98 Å². The van der Waals surface area contributed by atoms with E-state index in [-0.39, 0.29) is 10.6 Å². The number of nitro benzene ring substituents is 1. The standard InChI is InChI=1S/C12H9N3O4S/c13-20(18,19)8-2-4-11-10(6-8)9-3-1-7(15(16)17)5-12(9)14-11/h1-6,14H,(H2,13,18,19). The Labute approximate surface area is 113 Å². The molecule has 3 rings (SSSR count). The van der Waals surface area contributed by atoms with E-state index < -0.39 is 14.9 Å². The van der Waals surface area contributed by atoms with Gasteiger partial charge in [0.1, 0.15) is 0 Å². The van der Waals surface area contributed by atoms with Gasteiger partial charge in [-0.3, -0.25) is 10.1 Å². The molecule has 20 heavy (non-hydrogen) atoms. The molecule has 0 amide bonds. The summed E-state index contributed by atoms with van der Waals surface area (Å²) in [5, 5.41) is 17.2. The van der Waals surface area contributed by atoms with Crippen LogP contribution < -0.4 is 5.14 Å². The molecule has 0 saturated heterocycles. The van der Waals surface area contributed by atoms with Crippen molar-refractivity contribution in [3.8, 4) is 0 Å². The fourth-order valence-corrected chi connectivity index (χ4v) is 2.70. The Bertz CT molecular complexity index is 959. The van der Waals surface area contributed by atoms with Crippen LogP contribution in [0.15, 0.2) is 41.3 Å². The molecule has 1 heterocycles. The fraction of sp³-hybridized carbons (Fsp3) is 0. The molecule has 7 nitrogen and oxygen atoms in total. The van der Waals surface area contributed by atoms with Crippen LogP contribution in [-0.4, -0.2) is 18.3 Å². The third-order valence-corrected chi connectivity index (χ3v) is 4.00. The van der Waals surface area contributed by atoms with Crippen LogP contribution in [0.25, 0.3) is 21.8 Å². The van der Waals surface area contributed by atoms with Crippen LogP contribution in [0, 0.1) is 10.1 Å². The zero-order valence-electron chi connectivity index (χ0n) is 10.0. The topological polar surface area (TPSA) is 119 Å². The first-order valence-electron chi connectivity index (χ1n) is 5.59. The second kappa shape index (κ2) is 4.02. The summed E-state index contributed by atoms with van der Waals surface area (Å²) < 4.78 is 22.7. The Morgan fingerprint density at radius 3 is 2.45 bits per heavy atom. The van der Waals surface area contributed by atoms with Gasteiger partial charge in [0.25, 0.3) is 5.69 Å². The molecule has 0 spiro atoms. The van der Waals surface area contributed by atoms with Gasteiger partial charge in [-0.2, -0.15) is 0 Å². The summed E-state index contributed by atoms with van der Waals surface area (Å²) in [6, 6.07) is 8.79. The molecule has 0 fully saturated rings. The van der Waals surface area contributed by atoms with Gasteiger partial charge in [0.05, 0.1) is 15.3 Å². The van der Waals surface area contributed by atoms with E-state index in [9.17, 15) is 18.5 Å². The lowest BCUT2D eigenvalue weighted by Crippen LogP contribution is -2.11. The third-order valence-electron chi connectivity index (χ3n) is 3.09. The van der Waals surface area contributed by atoms with Crippen LogP contribution in [0.2, 0.25) is 0 Å². The molecule has 1 aromatic heterocycles. The minimum atomic E-state index is -3.78. The number of nitrogens with one attached hydrogen (secondary N) is 1. The van der Waals surface area contributed by atoms with Gasteiger partial charge in [0.15, 0.2) is 0 Å². The average molecular weight is 291 g/mol. The summed E-state index contributed by atoms with van der Waals surface area (Å²) in [6.07, 6.45) is 0. The zero-order chi connectivity index (χ0) is 14.5. The Balaban J connectivity index is 2.35. The van der Waals surface area contributed by atoms with Crippen LogP contribution in [-0.2, 0) is 10.0 Å². The monoisotopic (exact) mass is 291 g/mol. The Kier molecular flexibility index (Phi) is 2.53. The molecule has 0 saturated carbocycles. The van der Waals surface area contributed by atoms with E-state index in [1.807, 2.05) is 0 Å². The van der Waals surface area contributed by atoms with Gasteiger partial charge in [-0.25, -0.2) is 13.6 Å². The molecule has 3 aromatic rings. The number of hydrogen-bond donors (Lipinski definition) is 2. The number of nitrogens with two attached hydrogens (primary N) is 1. The van der Waals surface area contributed by atoms with Crippen molar-refractivity contribution in [2.24, 2.45) is 5.14 Å². The Morgan fingerprint density at radius 2 is 1.80 bits per heavy atom. The highest BCUT2D eigenvalue weighted by Crippen LogP contribution is 2.29. The number of sulfonamides is 1. The summed E-state index contributed by atoms with van der Waals surface area (Å²) >= 11 is 0. The highest BCUT2D eigenvalue weighted by molar-refractivity contribution is 7.89. The largest absolute Gasteiger partial charge is 0.354 e. The Hall–Kier alpha value is -2.45. The van der Waals surface area contributed by atoms with Gasteiger partial charge in [0.2, 0.25) is 10.0 Å². The van der Waals surface area contributed by atoms with Crippen molar-refractivity contribution < 1.29 is 13.3 Å². The molecule has 0 atom stereocenters. The zero-order valence-corrected chi connectivity index (χ0v) is 10.8. The number of non-ortho nitro benzene ring substituents is 1. The lowest BCUT2D eigenvalue weighted by Gasteiger charge is -1.98. The minimum absolute atomic E-state index is 0.00394. The average Bonchev–Trinajstić information content (AvgIpc) is 2.74. The molecule has 0 aliphatic rings. The van der Waals surface area contributed by atoms with Crippen molar-refractivity contribution >= 4 is 37.5 Å². The predicted molar refractivity (Wildman–Crippen MR) is 73.8 cm³/mol. The van der Waals surface area contributed by atoms with E-state index in [0.717, 1.165) is 0 Å². The second-order valence-electron chi connectivity index (χ2n) is 4.36. The quantitative estimate of drug-likeness (QED) is 0.553. The number of nitrogens with zero attached hydrogens (tertiary/aromatic N) is 1. The second-order valence-corrected chi connectivity index (χ2v) is 5.93. The number of aromatic amines is 1. The molecule has 102 valence electrons. The number of rotatable bonds is 2. The van der Waals surface area contributed by atoms with Crippen molar-refractivity contribution in [2.45, 2.75) is 4.90 Å². The maximum absolute atomic E-state index is 11.4. The number of hydrogen-bond acceptors (Lipinski definition) is 4. The number of benzene rings is 2. The maximum Gasteiger partial charge on any atom is 0.271 e. The highest BCUT2D eigenvalue weighted by Gasteiger charge is 2.13. The van der Waals surface area contributed by atoms with Gasteiger partial charge in [0, 0.05) is 28.4 Å². The first-order valence-corrected chi connectivity index (χ1v) is 7.13. The van der Waals surface area contributed by atoms with Gasteiger partial charge in [-0.05, 0) is 24.3 Å². The Morgan fingerprint density at radius 1 is 1.05 bits per heavy atom. The van der Waals surface area contributed by atoms with Crippen molar-refractivity contribution in [1.82, 2.24) is 4.98 Å². The third kappa shape index (κ3) is 1.91. The minimum Gasteiger partial charge on any atom is -0.354 e. The normalized spacial score (nSPS) is 12.1. The van der Waals surface area contributed by atoms with Crippen molar-refractivity contribution in [1.29, 1.82) is 0 Å². The van der Waals surface area contributed by atoms with E-state index in [4.69, 9.17) is 5.14 Å². The number of aromatic nitrogens is 1. The number of H-pyrrole nitrogens is 1. The maximum atomic E-state index is 11.4. The van der Waals surface area contributed by atoms with Crippen LogP contribution in [0.5, 0.6) is 0 Å². The van der Waals surface area contributed by atoms with Crippen LogP contribution in [0.3, 0.4) is 0 Å². The van der Waals surface area contributed by atoms with E-state index in [1.165, 1.54) is 24.3 Å². The lowest BCUT2D eigenvalue weighted by molar-refractivity contribution is -0.384. The molecular formula is C12H9N3O4S. The summed E-state index contributed by atoms with van der Waals surface area (Å²) in [4.78, 5) is 13.3. The lowest BCUT2D eigenvalue weighted by atomic mass is 10.1. The summed E-state index contributed by atoms with van der Waals surface area (Å²) in [6.45, 7) is 0. The van der Waals surface area contributed by atoms with Gasteiger partial charge in [-0.1, -0.05) is 0 Å². The number of primary sulfonamides is 1. The molecule has 0 aliphatic heterocycles. The van der Waals surface area contributed by atoms with E-state index in [1.54, 1.807) is 12.1 Å². The highest BCUT2D eigenvalue weighted by atomic mass is 32.2. The summed E-state index contributed by atoms with van der Waals surface area (Å²) in [5.41, 5.74) is 1.23. The molecule has 2 aromatic carbocycles. The van der Waals surface area contributed by atoms with Crippen molar-refractivity contribution in [3.63, 3.8) is 0 Å². The fourth-order valence-electron chi connectivity index (χ4n) is 2.16. The van der Waals surface area contributed by atoms with Crippen LogP contribution >= 0.6 is 0 Å². The number of nitro groups is 1. The number of fused-ring (bicyclic) bond motifs is 3. The molecule has 0 radical (unpaired) electrons. The van der Waals surface area contributed by atoms with Crippen molar-refractivity contribution in [3.05, 3.63) is 46.5 Å².